The number of furan rings is 1. The summed E-state index contributed by atoms with van der Waals surface area (Å²) in [7, 11) is 1.61. The number of hydrogen-bond acceptors (Lipinski definition) is 5. The second-order valence-electron chi connectivity index (χ2n) is 6.07. The van der Waals surface area contributed by atoms with Gasteiger partial charge in [-0.05, 0) is 23.8 Å². The van der Waals surface area contributed by atoms with Crippen LogP contribution in [0.2, 0.25) is 0 Å². The molecule has 3 heterocycles. The van der Waals surface area contributed by atoms with Crippen molar-refractivity contribution in [2.24, 2.45) is 0 Å². The molecular weight excluding hydrogens is 344 g/mol. The fraction of sp³-hybridized carbons (Fsp3) is 0.150. The predicted octanol–water partition coefficient (Wildman–Crippen LogP) is 2.88. The molecule has 0 bridgehead atoms. The van der Waals surface area contributed by atoms with Crippen molar-refractivity contribution >= 4 is 16.9 Å². The minimum absolute atomic E-state index is 0.0767. The van der Waals surface area contributed by atoms with E-state index >= 15 is 0 Å². The van der Waals surface area contributed by atoms with Crippen LogP contribution in [0.25, 0.3) is 16.8 Å². The minimum Gasteiger partial charge on any atom is -0.497 e. The van der Waals surface area contributed by atoms with Crippen molar-refractivity contribution in [3.8, 4) is 11.6 Å². The van der Waals surface area contributed by atoms with Crippen molar-refractivity contribution in [3.63, 3.8) is 0 Å². The Morgan fingerprint density at radius 3 is 2.96 bits per heavy atom. The first-order chi connectivity index (χ1) is 13.2. The van der Waals surface area contributed by atoms with E-state index < -0.39 is 0 Å². The second kappa shape index (κ2) is 7.33. The highest BCUT2D eigenvalue weighted by Crippen LogP contribution is 2.25. The first-order valence-electron chi connectivity index (χ1n) is 8.47. The number of aromatic nitrogens is 3. The van der Waals surface area contributed by atoms with Crippen molar-refractivity contribution in [2.45, 2.75) is 13.0 Å². The lowest BCUT2D eigenvalue weighted by Gasteiger charge is -2.06. The van der Waals surface area contributed by atoms with E-state index in [0.717, 1.165) is 28.1 Å². The normalized spacial score (nSPS) is 10.9. The average molecular weight is 362 g/mol. The number of pyridine rings is 1. The molecular formula is C20H18N4O3. The van der Waals surface area contributed by atoms with Crippen LogP contribution >= 0.6 is 0 Å². The van der Waals surface area contributed by atoms with Gasteiger partial charge in [0.2, 0.25) is 5.91 Å². The molecule has 7 nitrogen and oxygen atoms in total. The molecule has 0 saturated carbocycles. The molecule has 7 heteroatoms. The van der Waals surface area contributed by atoms with Crippen LogP contribution in [0, 0.1) is 0 Å². The number of methoxy groups -OCH3 is 1. The number of fused-ring (bicyclic) bond motifs is 1. The first kappa shape index (κ1) is 16.8. The zero-order valence-corrected chi connectivity index (χ0v) is 14.8. The summed E-state index contributed by atoms with van der Waals surface area (Å²) in [6, 6.07) is 9.39. The maximum absolute atomic E-state index is 12.3. The number of amides is 1. The third kappa shape index (κ3) is 3.67. The van der Waals surface area contributed by atoms with Crippen LogP contribution in [0.3, 0.4) is 0 Å². The molecule has 3 aromatic heterocycles. The van der Waals surface area contributed by atoms with Gasteiger partial charge in [0.15, 0.2) is 0 Å². The van der Waals surface area contributed by atoms with Crippen LogP contribution in [0.4, 0.5) is 0 Å². The fourth-order valence-corrected chi connectivity index (χ4v) is 2.83. The molecule has 0 saturated heterocycles. The predicted molar refractivity (Wildman–Crippen MR) is 99.7 cm³/mol. The Balaban J connectivity index is 1.37. The second-order valence-corrected chi connectivity index (χ2v) is 6.07. The van der Waals surface area contributed by atoms with E-state index in [9.17, 15) is 4.79 Å². The van der Waals surface area contributed by atoms with E-state index in [0.29, 0.717) is 12.1 Å². The molecule has 0 fully saturated rings. The fourth-order valence-electron chi connectivity index (χ4n) is 2.83. The summed E-state index contributed by atoms with van der Waals surface area (Å²) < 4.78 is 12.5. The number of nitrogens with zero attached hydrogens (tertiary/aromatic N) is 3. The van der Waals surface area contributed by atoms with Gasteiger partial charge >= 0.3 is 0 Å². The van der Waals surface area contributed by atoms with Crippen molar-refractivity contribution < 1.29 is 13.9 Å². The van der Waals surface area contributed by atoms with Crippen LogP contribution in [0.15, 0.2) is 65.9 Å². The van der Waals surface area contributed by atoms with Gasteiger partial charge in [-0.3, -0.25) is 9.36 Å². The van der Waals surface area contributed by atoms with Crippen molar-refractivity contribution in [1.29, 1.82) is 0 Å². The zero-order chi connectivity index (χ0) is 18.6. The van der Waals surface area contributed by atoms with Crippen molar-refractivity contribution in [1.82, 2.24) is 19.9 Å². The summed E-state index contributed by atoms with van der Waals surface area (Å²) in [5.41, 5.74) is 2.48. The number of imidazole rings is 1. The highest BCUT2D eigenvalue weighted by molar-refractivity contribution is 5.88. The smallest absolute Gasteiger partial charge is 0.224 e. The highest BCUT2D eigenvalue weighted by atomic mass is 16.5. The molecule has 0 unspecified atom stereocenters. The third-order valence-corrected chi connectivity index (χ3v) is 4.28. The summed E-state index contributed by atoms with van der Waals surface area (Å²) >= 11 is 0. The number of benzene rings is 1. The topological polar surface area (TPSA) is 82.2 Å². The van der Waals surface area contributed by atoms with Gasteiger partial charge in [0.25, 0.3) is 0 Å². The first-order valence-corrected chi connectivity index (χ1v) is 8.47. The number of nitrogens with one attached hydrogen (secondary N) is 1. The van der Waals surface area contributed by atoms with Gasteiger partial charge in [-0.2, -0.15) is 0 Å². The summed E-state index contributed by atoms with van der Waals surface area (Å²) in [4.78, 5) is 20.7. The molecule has 1 N–H and O–H groups in total. The van der Waals surface area contributed by atoms with Crippen LogP contribution in [0.1, 0.15) is 11.1 Å². The lowest BCUT2D eigenvalue weighted by atomic mass is 10.1. The minimum atomic E-state index is -0.0767. The summed E-state index contributed by atoms with van der Waals surface area (Å²) in [6.45, 7) is 0.416. The van der Waals surface area contributed by atoms with Crippen LogP contribution in [-0.2, 0) is 17.8 Å². The van der Waals surface area contributed by atoms with Gasteiger partial charge in [-0.1, -0.05) is 6.07 Å². The Kier molecular flexibility index (Phi) is 4.57. The molecule has 0 aliphatic carbocycles. The molecule has 27 heavy (non-hydrogen) atoms. The van der Waals surface area contributed by atoms with E-state index in [4.69, 9.17) is 9.15 Å². The SMILES string of the molecule is COc1ccc2c(CC(=O)NCc3ccc(-n4ccnc4)nc3)coc2c1. The van der Waals surface area contributed by atoms with Crippen molar-refractivity contribution in [3.05, 3.63) is 72.6 Å². The Hall–Kier alpha value is -3.61. The molecule has 0 atom stereocenters. The number of hydrogen-bond donors (Lipinski definition) is 1. The van der Waals surface area contributed by atoms with E-state index in [1.165, 1.54) is 0 Å². The van der Waals surface area contributed by atoms with E-state index in [1.54, 1.807) is 32.1 Å². The summed E-state index contributed by atoms with van der Waals surface area (Å²) in [5.74, 6) is 1.43. The maximum Gasteiger partial charge on any atom is 0.224 e. The molecule has 0 aliphatic heterocycles. The Morgan fingerprint density at radius 1 is 1.30 bits per heavy atom. The molecule has 0 radical (unpaired) electrons. The van der Waals surface area contributed by atoms with Gasteiger partial charge in [-0.15, -0.1) is 0 Å². The summed E-state index contributed by atoms with van der Waals surface area (Å²) in [5, 5.41) is 3.83. The third-order valence-electron chi connectivity index (χ3n) is 4.28. The van der Waals surface area contributed by atoms with Gasteiger partial charge in [0.05, 0.1) is 19.8 Å². The molecule has 136 valence electrons. The number of rotatable bonds is 6. The molecule has 4 rings (SSSR count). The largest absolute Gasteiger partial charge is 0.497 e. The van der Waals surface area contributed by atoms with Gasteiger partial charge < -0.3 is 14.5 Å². The number of carbonyl (C=O) groups is 1. The Bertz CT molecular complexity index is 1050. The van der Waals surface area contributed by atoms with Gasteiger partial charge in [0.1, 0.15) is 23.5 Å². The zero-order valence-electron chi connectivity index (χ0n) is 14.8. The van der Waals surface area contributed by atoms with Crippen LogP contribution in [0.5, 0.6) is 5.75 Å². The lowest BCUT2D eigenvalue weighted by Crippen LogP contribution is -2.24. The maximum atomic E-state index is 12.3. The Morgan fingerprint density at radius 2 is 2.22 bits per heavy atom. The van der Waals surface area contributed by atoms with Crippen molar-refractivity contribution in [2.75, 3.05) is 7.11 Å². The van der Waals surface area contributed by atoms with Crippen LogP contribution in [-0.4, -0.2) is 27.6 Å². The average Bonchev–Trinajstić information content (AvgIpc) is 3.37. The molecule has 4 aromatic rings. The van der Waals surface area contributed by atoms with Crippen LogP contribution < -0.4 is 10.1 Å². The summed E-state index contributed by atoms with van der Waals surface area (Å²) in [6.07, 6.45) is 8.83. The standard InChI is InChI=1S/C20H18N4O3/c1-26-16-3-4-17-15(12-27-18(17)9-16)8-20(25)23-11-14-2-5-19(22-10-14)24-7-6-21-13-24/h2-7,9-10,12-13H,8,11H2,1H3,(H,23,25). The molecule has 0 aliphatic rings. The molecule has 1 aromatic carbocycles. The number of carbonyl (C=O) groups excluding carboxylic acids is 1. The monoisotopic (exact) mass is 362 g/mol. The Labute approximate surface area is 155 Å². The molecule has 1 amide bonds. The lowest BCUT2D eigenvalue weighted by molar-refractivity contribution is -0.120. The highest BCUT2D eigenvalue weighted by Gasteiger charge is 2.11. The quantitative estimate of drug-likeness (QED) is 0.570. The van der Waals surface area contributed by atoms with E-state index in [2.05, 4.69) is 15.3 Å². The van der Waals surface area contributed by atoms with Gasteiger partial charge in [-0.25, -0.2) is 9.97 Å². The molecule has 0 spiro atoms. The van der Waals surface area contributed by atoms with E-state index in [-0.39, 0.29) is 12.3 Å². The number of ether oxygens (including phenoxy) is 1. The van der Waals surface area contributed by atoms with Gasteiger partial charge in [0, 0.05) is 42.2 Å². The van der Waals surface area contributed by atoms with E-state index in [1.807, 2.05) is 41.1 Å².